The Hall–Kier alpha value is -2.62. The van der Waals surface area contributed by atoms with Gasteiger partial charge in [-0.1, -0.05) is 18.2 Å². The van der Waals surface area contributed by atoms with Crippen molar-refractivity contribution in [3.05, 3.63) is 64.9 Å². The van der Waals surface area contributed by atoms with Crippen LogP contribution in [-0.4, -0.2) is 77.7 Å². The first-order chi connectivity index (χ1) is 17.7. The first kappa shape index (κ1) is 26.0. The molecule has 1 fully saturated rings. The zero-order chi connectivity index (χ0) is 26.3. The van der Waals surface area contributed by atoms with Gasteiger partial charge in [-0.25, -0.2) is 13.2 Å². The fourth-order valence-electron chi connectivity index (χ4n) is 5.65. The fourth-order valence-corrected chi connectivity index (χ4v) is 5.65. The first-order valence-corrected chi connectivity index (χ1v) is 12.8. The SMILES string of the molecule is C[C@@H]1Cc2c([nH]c3ccccc23)[C@@H](c2c(F)cc(OCCN3CC(CF)C3)cc2F)N1CC(C)(F)CO. The normalized spacial score (nSPS) is 22.6. The lowest BCUT2D eigenvalue weighted by Crippen LogP contribution is -2.50. The van der Waals surface area contributed by atoms with Crippen molar-refractivity contribution >= 4 is 10.9 Å². The van der Waals surface area contributed by atoms with E-state index in [1.165, 1.54) is 19.1 Å². The standard InChI is InChI=1S/C28H33F4N3O2/c1-17-9-21-20-5-3-4-6-24(20)33-26(21)27(35(17)15-28(2,32)16-36)25-22(30)10-19(11-23(25)31)37-8-7-34-13-18(12-29)14-34/h3-6,10-11,17-18,27,33,36H,7-9,12-16H2,1-2H3/t17-,27-,28?/m1/s1. The molecule has 0 radical (unpaired) electrons. The first-order valence-electron chi connectivity index (χ1n) is 12.8. The number of ether oxygens (including phenoxy) is 1. The molecule has 2 aliphatic rings. The van der Waals surface area contributed by atoms with Crippen LogP contribution in [0.2, 0.25) is 0 Å². The van der Waals surface area contributed by atoms with Crippen molar-refractivity contribution < 1.29 is 27.4 Å². The van der Waals surface area contributed by atoms with Gasteiger partial charge in [0.2, 0.25) is 0 Å². The molecular formula is C28H33F4N3O2. The summed E-state index contributed by atoms with van der Waals surface area (Å²) in [5, 5.41) is 10.6. The number of para-hydroxylation sites is 1. The van der Waals surface area contributed by atoms with E-state index in [0.717, 1.165) is 16.5 Å². The van der Waals surface area contributed by atoms with Gasteiger partial charge in [0.1, 0.15) is 29.7 Å². The molecule has 0 spiro atoms. The minimum Gasteiger partial charge on any atom is -0.492 e. The van der Waals surface area contributed by atoms with Crippen LogP contribution in [-0.2, 0) is 6.42 Å². The topological polar surface area (TPSA) is 51.7 Å². The predicted octanol–water partition coefficient (Wildman–Crippen LogP) is 4.78. The van der Waals surface area contributed by atoms with Crippen LogP contribution in [0.5, 0.6) is 5.75 Å². The Kier molecular flexibility index (Phi) is 7.22. The van der Waals surface area contributed by atoms with Gasteiger partial charge in [-0.3, -0.25) is 14.2 Å². The summed E-state index contributed by atoms with van der Waals surface area (Å²) < 4.78 is 64.6. The lowest BCUT2D eigenvalue weighted by Gasteiger charge is -2.43. The van der Waals surface area contributed by atoms with Crippen LogP contribution < -0.4 is 4.74 Å². The van der Waals surface area contributed by atoms with Crippen LogP contribution in [0.4, 0.5) is 17.6 Å². The second-order valence-electron chi connectivity index (χ2n) is 10.7. The number of hydrogen-bond acceptors (Lipinski definition) is 4. The van der Waals surface area contributed by atoms with Gasteiger partial charge in [-0.15, -0.1) is 0 Å². The number of nitrogens with zero attached hydrogens (tertiary/aromatic N) is 2. The molecule has 1 aromatic heterocycles. The second kappa shape index (κ2) is 10.3. The number of rotatable bonds is 9. The number of fused-ring (bicyclic) bond motifs is 3. The number of likely N-dealkylation sites (tertiary alicyclic amines) is 1. The molecule has 9 heteroatoms. The smallest absolute Gasteiger partial charge is 0.143 e. The molecule has 200 valence electrons. The zero-order valence-electron chi connectivity index (χ0n) is 21.1. The Labute approximate surface area is 214 Å². The van der Waals surface area contributed by atoms with Crippen molar-refractivity contribution in [2.24, 2.45) is 5.92 Å². The highest BCUT2D eigenvalue weighted by Gasteiger charge is 2.42. The maximum absolute atomic E-state index is 15.7. The number of aromatic amines is 1. The highest BCUT2D eigenvalue weighted by atomic mass is 19.1. The Morgan fingerprint density at radius 2 is 1.86 bits per heavy atom. The molecule has 0 bridgehead atoms. The van der Waals surface area contributed by atoms with Crippen molar-refractivity contribution in [2.75, 3.05) is 46.1 Å². The third-order valence-electron chi connectivity index (χ3n) is 7.61. The van der Waals surface area contributed by atoms with Crippen LogP contribution in [0.1, 0.15) is 36.7 Å². The molecule has 37 heavy (non-hydrogen) atoms. The number of hydrogen-bond donors (Lipinski definition) is 2. The van der Waals surface area contributed by atoms with Crippen molar-refractivity contribution in [2.45, 2.75) is 38.0 Å². The Bertz CT molecular complexity index is 1230. The molecular weight excluding hydrogens is 486 g/mol. The lowest BCUT2D eigenvalue weighted by atomic mass is 9.87. The summed E-state index contributed by atoms with van der Waals surface area (Å²) in [5.41, 5.74) is 0.283. The van der Waals surface area contributed by atoms with E-state index in [-0.39, 0.29) is 43.1 Å². The number of alkyl halides is 2. The second-order valence-corrected chi connectivity index (χ2v) is 10.7. The van der Waals surface area contributed by atoms with E-state index in [9.17, 15) is 9.50 Å². The molecule has 2 N–H and O–H groups in total. The molecule has 1 unspecified atom stereocenters. The summed E-state index contributed by atoms with van der Waals surface area (Å²) in [6, 6.07) is 8.85. The van der Waals surface area contributed by atoms with E-state index in [0.29, 0.717) is 31.7 Å². The highest BCUT2D eigenvalue weighted by molar-refractivity contribution is 5.85. The molecule has 3 aromatic rings. The van der Waals surface area contributed by atoms with Crippen LogP contribution in [0.3, 0.4) is 0 Å². The van der Waals surface area contributed by atoms with Gasteiger partial charge in [0.15, 0.2) is 0 Å². The van der Waals surface area contributed by atoms with E-state index >= 15 is 13.2 Å². The summed E-state index contributed by atoms with van der Waals surface area (Å²) in [5.74, 6) is -1.44. The Morgan fingerprint density at radius 3 is 2.54 bits per heavy atom. The maximum atomic E-state index is 15.7. The molecule has 0 aliphatic carbocycles. The number of aliphatic hydroxyl groups is 1. The van der Waals surface area contributed by atoms with Crippen LogP contribution in [0, 0.1) is 17.6 Å². The summed E-state index contributed by atoms with van der Waals surface area (Å²) in [4.78, 5) is 7.08. The largest absolute Gasteiger partial charge is 0.492 e. The molecule has 3 heterocycles. The van der Waals surface area contributed by atoms with Gasteiger partial charge < -0.3 is 14.8 Å². The van der Waals surface area contributed by atoms with Crippen LogP contribution in [0.15, 0.2) is 36.4 Å². The lowest BCUT2D eigenvalue weighted by molar-refractivity contribution is 0.0162. The number of aromatic nitrogens is 1. The third kappa shape index (κ3) is 5.09. The average molecular weight is 520 g/mol. The van der Waals surface area contributed by atoms with Gasteiger partial charge in [-0.2, -0.15) is 0 Å². The Morgan fingerprint density at radius 1 is 1.16 bits per heavy atom. The van der Waals surface area contributed by atoms with Crippen molar-refractivity contribution in [3.8, 4) is 5.75 Å². The summed E-state index contributed by atoms with van der Waals surface area (Å²) in [6.45, 7) is 4.04. The average Bonchev–Trinajstić information content (AvgIpc) is 3.20. The van der Waals surface area contributed by atoms with Gasteiger partial charge in [0.05, 0.1) is 19.3 Å². The fraction of sp³-hybridized carbons (Fsp3) is 0.500. The highest BCUT2D eigenvalue weighted by Crippen LogP contribution is 2.43. The molecule has 3 atom stereocenters. The summed E-state index contributed by atoms with van der Waals surface area (Å²) in [6.07, 6.45) is 0.571. The van der Waals surface area contributed by atoms with E-state index in [4.69, 9.17) is 4.74 Å². The summed E-state index contributed by atoms with van der Waals surface area (Å²) in [7, 11) is 0. The van der Waals surface area contributed by atoms with E-state index < -0.39 is 30.0 Å². The van der Waals surface area contributed by atoms with Crippen molar-refractivity contribution in [1.29, 1.82) is 0 Å². The molecule has 0 saturated carbocycles. The summed E-state index contributed by atoms with van der Waals surface area (Å²) >= 11 is 0. The molecule has 5 rings (SSSR count). The minimum absolute atomic E-state index is 0.0570. The predicted molar refractivity (Wildman–Crippen MR) is 134 cm³/mol. The van der Waals surface area contributed by atoms with E-state index in [1.54, 1.807) is 4.90 Å². The number of halogens is 4. The maximum Gasteiger partial charge on any atom is 0.143 e. The van der Waals surface area contributed by atoms with Gasteiger partial charge in [0, 0.05) is 72.4 Å². The zero-order valence-corrected chi connectivity index (χ0v) is 21.1. The third-order valence-corrected chi connectivity index (χ3v) is 7.61. The van der Waals surface area contributed by atoms with E-state index in [1.807, 2.05) is 36.1 Å². The van der Waals surface area contributed by atoms with Gasteiger partial charge in [0.25, 0.3) is 0 Å². The van der Waals surface area contributed by atoms with E-state index in [2.05, 4.69) is 4.98 Å². The number of nitrogens with one attached hydrogen (secondary N) is 1. The number of H-pyrrole nitrogens is 1. The molecule has 1 saturated heterocycles. The van der Waals surface area contributed by atoms with Crippen LogP contribution in [0.25, 0.3) is 10.9 Å². The molecule has 5 nitrogen and oxygen atoms in total. The number of benzene rings is 2. The quantitative estimate of drug-likeness (QED) is 0.400. The minimum atomic E-state index is -1.95. The van der Waals surface area contributed by atoms with Gasteiger partial charge >= 0.3 is 0 Å². The molecule has 0 amide bonds. The van der Waals surface area contributed by atoms with Gasteiger partial charge in [-0.05, 0) is 31.9 Å². The van der Waals surface area contributed by atoms with Crippen LogP contribution >= 0.6 is 0 Å². The monoisotopic (exact) mass is 519 g/mol. The van der Waals surface area contributed by atoms with Crippen molar-refractivity contribution in [1.82, 2.24) is 14.8 Å². The Balaban J connectivity index is 1.47. The molecule has 2 aliphatic heterocycles. The molecule has 2 aromatic carbocycles. The number of aliphatic hydroxyl groups excluding tert-OH is 1. The van der Waals surface area contributed by atoms with Crippen molar-refractivity contribution in [3.63, 3.8) is 0 Å².